The van der Waals surface area contributed by atoms with Gasteiger partial charge in [-0.3, -0.25) is 9.59 Å². The zero-order valence-corrected chi connectivity index (χ0v) is 16.6. The number of rotatable bonds is 9. The predicted octanol–water partition coefficient (Wildman–Crippen LogP) is 2.56. The Morgan fingerprint density at radius 1 is 1.46 bits per heavy atom. The van der Waals surface area contributed by atoms with E-state index in [1.54, 1.807) is 41.3 Å². The fraction of sp³-hybridized carbons (Fsp3) is 0.235. The molecule has 3 heterocycles. The summed E-state index contributed by atoms with van der Waals surface area (Å²) in [7, 11) is 0. The first-order chi connectivity index (χ1) is 13.6. The smallest absolute Gasteiger partial charge is 0.287 e. The Hall–Kier alpha value is -2.92. The quantitative estimate of drug-likeness (QED) is 0.405. The van der Waals surface area contributed by atoms with Crippen LogP contribution in [0.15, 0.2) is 52.2 Å². The number of hydrogen-bond acceptors (Lipinski definition) is 8. The van der Waals surface area contributed by atoms with E-state index in [0.717, 1.165) is 0 Å². The lowest BCUT2D eigenvalue weighted by Gasteiger charge is -2.12. The van der Waals surface area contributed by atoms with E-state index in [9.17, 15) is 9.59 Å². The van der Waals surface area contributed by atoms with Gasteiger partial charge in [0.25, 0.3) is 5.91 Å². The number of nitrogens with zero attached hydrogens (tertiary/aromatic N) is 4. The van der Waals surface area contributed by atoms with Gasteiger partial charge in [0, 0.05) is 18.1 Å². The number of hydrogen-bond donors (Lipinski definition) is 2. The van der Waals surface area contributed by atoms with Crippen molar-refractivity contribution < 1.29 is 14.0 Å². The number of aromatic nitrogens is 4. The number of furan rings is 1. The summed E-state index contributed by atoms with van der Waals surface area (Å²) in [6.07, 6.45) is 4.76. The number of carbonyl (C=O) groups is 2. The van der Waals surface area contributed by atoms with E-state index in [4.69, 9.17) is 4.42 Å². The van der Waals surface area contributed by atoms with Crippen molar-refractivity contribution in [3.05, 3.63) is 54.2 Å². The minimum absolute atomic E-state index is 0.167. The Kier molecular flexibility index (Phi) is 6.61. The van der Waals surface area contributed by atoms with Crippen LogP contribution in [0.1, 0.15) is 23.3 Å². The van der Waals surface area contributed by atoms with Gasteiger partial charge in [-0.25, -0.2) is 4.98 Å². The molecule has 0 aromatic carbocycles. The number of carbonyl (C=O) groups excluding carboxylic acids is 2. The van der Waals surface area contributed by atoms with Gasteiger partial charge in [0.05, 0.1) is 18.1 Å². The molecule has 0 bridgehead atoms. The number of anilines is 1. The van der Waals surface area contributed by atoms with Crippen LogP contribution in [0, 0.1) is 0 Å². The molecule has 3 rings (SSSR count). The number of amides is 2. The average Bonchev–Trinajstić information content (AvgIpc) is 3.43. The SMILES string of the molecule is C=CCn1c(CNC(=O)c2ccco2)nnc1SC(C)C(=O)Nc1nccs1. The lowest BCUT2D eigenvalue weighted by molar-refractivity contribution is -0.115. The summed E-state index contributed by atoms with van der Waals surface area (Å²) >= 11 is 2.62. The largest absolute Gasteiger partial charge is 0.459 e. The van der Waals surface area contributed by atoms with Crippen LogP contribution < -0.4 is 10.6 Å². The molecule has 0 spiro atoms. The van der Waals surface area contributed by atoms with Gasteiger partial charge in [0.15, 0.2) is 21.9 Å². The summed E-state index contributed by atoms with van der Waals surface area (Å²) in [6, 6.07) is 3.22. The molecule has 1 atom stereocenters. The first-order valence-corrected chi connectivity index (χ1v) is 10.1. The van der Waals surface area contributed by atoms with Crippen molar-refractivity contribution in [1.82, 2.24) is 25.1 Å². The van der Waals surface area contributed by atoms with E-state index in [1.165, 1.54) is 29.4 Å². The van der Waals surface area contributed by atoms with E-state index >= 15 is 0 Å². The summed E-state index contributed by atoms with van der Waals surface area (Å²) in [6.45, 7) is 6.13. The third kappa shape index (κ3) is 4.87. The zero-order valence-electron chi connectivity index (χ0n) is 15.0. The molecular formula is C17H18N6O3S2. The van der Waals surface area contributed by atoms with Gasteiger partial charge in [-0.15, -0.1) is 28.1 Å². The Morgan fingerprint density at radius 2 is 2.32 bits per heavy atom. The van der Waals surface area contributed by atoms with E-state index in [2.05, 4.69) is 32.4 Å². The lowest BCUT2D eigenvalue weighted by atomic mass is 10.4. The van der Waals surface area contributed by atoms with Gasteiger partial charge in [0.2, 0.25) is 5.91 Å². The highest BCUT2D eigenvalue weighted by Crippen LogP contribution is 2.24. The van der Waals surface area contributed by atoms with Crippen LogP contribution in [0.3, 0.4) is 0 Å². The molecule has 11 heteroatoms. The third-order valence-corrected chi connectivity index (χ3v) is 5.34. The lowest BCUT2D eigenvalue weighted by Crippen LogP contribution is -2.25. The highest BCUT2D eigenvalue weighted by Gasteiger charge is 2.21. The van der Waals surface area contributed by atoms with Crippen LogP contribution >= 0.6 is 23.1 Å². The second-order valence-electron chi connectivity index (χ2n) is 5.54. The highest BCUT2D eigenvalue weighted by molar-refractivity contribution is 8.00. The predicted molar refractivity (Wildman–Crippen MR) is 106 cm³/mol. The van der Waals surface area contributed by atoms with Gasteiger partial charge in [0.1, 0.15) is 0 Å². The maximum atomic E-state index is 12.3. The third-order valence-electron chi connectivity index (χ3n) is 3.57. The van der Waals surface area contributed by atoms with Crippen molar-refractivity contribution in [1.29, 1.82) is 0 Å². The Balaban J connectivity index is 1.65. The summed E-state index contributed by atoms with van der Waals surface area (Å²) < 4.78 is 6.86. The number of thiazole rings is 1. The molecule has 0 radical (unpaired) electrons. The van der Waals surface area contributed by atoms with Crippen LogP contribution in [0.25, 0.3) is 0 Å². The van der Waals surface area contributed by atoms with Crippen molar-refractivity contribution in [3.8, 4) is 0 Å². The van der Waals surface area contributed by atoms with Crippen LogP contribution in [0.4, 0.5) is 5.13 Å². The fourth-order valence-electron chi connectivity index (χ4n) is 2.21. The zero-order chi connectivity index (χ0) is 19.9. The van der Waals surface area contributed by atoms with Crippen molar-refractivity contribution in [2.75, 3.05) is 5.32 Å². The summed E-state index contributed by atoms with van der Waals surface area (Å²) in [5.74, 6) is 0.246. The summed E-state index contributed by atoms with van der Waals surface area (Å²) in [4.78, 5) is 28.4. The molecule has 0 aliphatic rings. The van der Waals surface area contributed by atoms with E-state index in [-0.39, 0.29) is 24.1 Å². The van der Waals surface area contributed by atoms with E-state index in [0.29, 0.717) is 22.7 Å². The molecule has 0 aliphatic heterocycles. The summed E-state index contributed by atoms with van der Waals surface area (Å²) in [5.41, 5.74) is 0. The average molecular weight is 419 g/mol. The normalized spacial score (nSPS) is 11.8. The Labute approximate surface area is 169 Å². The van der Waals surface area contributed by atoms with Gasteiger partial charge in [-0.05, 0) is 19.1 Å². The molecule has 9 nitrogen and oxygen atoms in total. The molecule has 0 saturated heterocycles. The molecule has 146 valence electrons. The molecular weight excluding hydrogens is 400 g/mol. The Morgan fingerprint density at radius 3 is 3.00 bits per heavy atom. The second-order valence-corrected chi connectivity index (χ2v) is 7.75. The molecule has 3 aromatic heterocycles. The van der Waals surface area contributed by atoms with Gasteiger partial charge in [-0.1, -0.05) is 17.8 Å². The molecule has 28 heavy (non-hydrogen) atoms. The topological polar surface area (TPSA) is 115 Å². The van der Waals surface area contributed by atoms with E-state index < -0.39 is 5.25 Å². The number of nitrogens with one attached hydrogen (secondary N) is 2. The monoisotopic (exact) mass is 418 g/mol. The Bertz CT molecular complexity index is 936. The van der Waals surface area contributed by atoms with Crippen molar-refractivity contribution >= 4 is 40.0 Å². The van der Waals surface area contributed by atoms with Crippen molar-refractivity contribution in [2.24, 2.45) is 0 Å². The molecule has 1 unspecified atom stereocenters. The van der Waals surface area contributed by atoms with E-state index in [1.807, 2.05) is 0 Å². The standard InChI is InChI=1S/C17H18N6O3S2/c1-3-7-23-13(10-19-15(25)12-5-4-8-26-12)21-22-17(23)28-11(2)14(24)20-16-18-6-9-27-16/h3-6,8-9,11H,1,7,10H2,2H3,(H,19,25)(H,18,20,24). The molecule has 0 fully saturated rings. The minimum atomic E-state index is -0.415. The van der Waals surface area contributed by atoms with Crippen LogP contribution in [-0.2, 0) is 17.9 Å². The van der Waals surface area contributed by atoms with Crippen LogP contribution in [-0.4, -0.2) is 36.8 Å². The maximum Gasteiger partial charge on any atom is 0.287 e. The van der Waals surface area contributed by atoms with Gasteiger partial charge < -0.3 is 19.6 Å². The first-order valence-electron chi connectivity index (χ1n) is 8.30. The van der Waals surface area contributed by atoms with Crippen LogP contribution in [0.2, 0.25) is 0 Å². The van der Waals surface area contributed by atoms with Gasteiger partial charge >= 0.3 is 0 Å². The van der Waals surface area contributed by atoms with Crippen molar-refractivity contribution in [2.45, 2.75) is 30.4 Å². The van der Waals surface area contributed by atoms with Crippen molar-refractivity contribution in [3.63, 3.8) is 0 Å². The van der Waals surface area contributed by atoms with Gasteiger partial charge in [-0.2, -0.15) is 0 Å². The molecule has 3 aromatic rings. The minimum Gasteiger partial charge on any atom is -0.459 e. The summed E-state index contributed by atoms with van der Waals surface area (Å²) in [5, 5.41) is 16.3. The van der Waals surface area contributed by atoms with Crippen LogP contribution in [0.5, 0.6) is 0 Å². The molecule has 0 saturated carbocycles. The molecule has 2 N–H and O–H groups in total. The number of allylic oxidation sites excluding steroid dienone is 1. The fourth-order valence-corrected chi connectivity index (χ4v) is 3.62. The maximum absolute atomic E-state index is 12.3. The first kappa shape index (κ1) is 19.8. The molecule has 2 amide bonds. The number of thioether (sulfide) groups is 1. The molecule has 0 aliphatic carbocycles. The highest BCUT2D eigenvalue weighted by atomic mass is 32.2. The second kappa shape index (κ2) is 9.33.